The van der Waals surface area contributed by atoms with Gasteiger partial charge in [-0.3, -0.25) is 0 Å². The number of halogens is 1. The second kappa shape index (κ2) is 9.65. The molecule has 9 nitrogen and oxygen atoms in total. The molecule has 4 rings (SSSR count). The van der Waals surface area contributed by atoms with Crippen LogP contribution in [0.1, 0.15) is 12.8 Å². The van der Waals surface area contributed by atoms with Gasteiger partial charge >= 0.3 is 0 Å². The average molecular weight is 506 g/mol. The van der Waals surface area contributed by atoms with E-state index in [2.05, 4.69) is 20.6 Å². The van der Waals surface area contributed by atoms with Crippen LogP contribution in [0.25, 0.3) is 0 Å². The van der Waals surface area contributed by atoms with Gasteiger partial charge in [0.1, 0.15) is 21.5 Å². The van der Waals surface area contributed by atoms with E-state index in [1.807, 2.05) is 0 Å². The Labute approximate surface area is 198 Å². The highest BCUT2D eigenvalue weighted by Crippen LogP contribution is 2.25. The van der Waals surface area contributed by atoms with Gasteiger partial charge in [0, 0.05) is 30.7 Å². The van der Waals surface area contributed by atoms with Crippen LogP contribution in [-0.4, -0.2) is 55.7 Å². The van der Waals surface area contributed by atoms with Crippen LogP contribution in [0.15, 0.2) is 65.7 Å². The molecule has 3 aromatic rings. The zero-order valence-corrected chi connectivity index (χ0v) is 20.0. The summed E-state index contributed by atoms with van der Waals surface area (Å²) in [6.07, 6.45) is 2.13. The smallest absolute Gasteiger partial charge is 0.243 e. The number of anilines is 4. The molecule has 0 aliphatic carbocycles. The second-order valence-electron chi connectivity index (χ2n) is 7.95. The van der Waals surface area contributed by atoms with Crippen molar-refractivity contribution in [3.63, 3.8) is 0 Å². The fraction of sp³-hybridized carbons (Fsp3) is 0.273. The lowest BCUT2D eigenvalue weighted by Gasteiger charge is -2.30. The van der Waals surface area contributed by atoms with Crippen molar-refractivity contribution in [1.82, 2.24) is 14.3 Å². The highest BCUT2D eigenvalue weighted by atomic mass is 32.2. The molecule has 12 heteroatoms. The van der Waals surface area contributed by atoms with E-state index in [0.717, 1.165) is 0 Å². The molecule has 0 atom stereocenters. The summed E-state index contributed by atoms with van der Waals surface area (Å²) in [6.45, 7) is 0. The van der Waals surface area contributed by atoms with Crippen molar-refractivity contribution in [1.29, 1.82) is 0 Å². The molecule has 2 N–H and O–H groups in total. The lowest BCUT2D eigenvalue weighted by atomic mass is 10.2. The first-order valence-electron chi connectivity index (χ1n) is 10.5. The summed E-state index contributed by atoms with van der Waals surface area (Å²) in [4.78, 5) is 8.63. The van der Waals surface area contributed by atoms with E-state index in [4.69, 9.17) is 0 Å². The molecule has 1 aliphatic rings. The minimum Gasteiger partial charge on any atom is -0.340 e. The summed E-state index contributed by atoms with van der Waals surface area (Å²) in [5.74, 6) is 0.451. The summed E-state index contributed by atoms with van der Waals surface area (Å²) in [5, 5.41) is 6.08. The van der Waals surface area contributed by atoms with Crippen LogP contribution in [0.4, 0.5) is 27.5 Å². The van der Waals surface area contributed by atoms with Crippen LogP contribution in [0, 0.1) is 5.82 Å². The van der Waals surface area contributed by atoms with E-state index < -0.39 is 19.9 Å². The second-order valence-corrected chi connectivity index (χ2v) is 12.3. The van der Waals surface area contributed by atoms with Gasteiger partial charge in [-0.1, -0.05) is 0 Å². The van der Waals surface area contributed by atoms with E-state index in [1.165, 1.54) is 35.6 Å². The zero-order chi connectivity index (χ0) is 24.3. The molecule has 0 spiro atoms. The van der Waals surface area contributed by atoms with Crippen LogP contribution in [0.2, 0.25) is 0 Å². The summed E-state index contributed by atoms with van der Waals surface area (Å²) < 4.78 is 63.6. The highest BCUT2D eigenvalue weighted by molar-refractivity contribution is 7.91. The van der Waals surface area contributed by atoms with Gasteiger partial charge < -0.3 is 10.6 Å². The third kappa shape index (κ3) is 5.69. The third-order valence-electron chi connectivity index (χ3n) is 5.60. The van der Waals surface area contributed by atoms with Gasteiger partial charge in [0.15, 0.2) is 0 Å². The van der Waals surface area contributed by atoms with Crippen LogP contribution >= 0.6 is 0 Å². The van der Waals surface area contributed by atoms with E-state index in [9.17, 15) is 21.2 Å². The van der Waals surface area contributed by atoms with Crippen molar-refractivity contribution in [2.45, 2.75) is 23.8 Å². The van der Waals surface area contributed by atoms with Crippen LogP contribution in [-0.2, 0) is 19.9 Å². The van der Waals surface area contributed by atoms with Crippen LogP contribution in [0.5, 0.6) is 0 Å². The summed E-state index contributed by atoms with van der Waals surface area (Å²) >= 11 is 0. The maximum atomic E-state index is 13.1. The number of hydrogen-bond donors (Lipinski definition) is 2. The molecule has 1 aromatic heterocycles. The Morgan fingerprint density at radius 3 is 2.18 bits per heavy atom. The van der Waals surface area contributed by atoms with E-state index in [-0.39, 0.29) is 41.1 Å². The number of nitrogens with zero attached hydrogens (tertiary/aromatic N) is 3. The predicted molar refractivity (Wildman–Crippen MR) is 128 cm³/mol. The van der Waals surface area contributed by atoms with Crippen molar-refractivity contribution in [3.05, 3.63) is 66.6 Å². The molecule has 0 saturated carbocycles. The van der Waals surface area contributed by atoms with Crippen LogP contribution in [0.3, 0.4) is 0 Å². The topological polar surface area (TPSA) is 121 Å². The Morgan fingerprint density at radius 2 is 1.53 bits per heavy atom. The Kier molecular flexibility index (Phi) is 6.82. The van der Waals surface area contributed by atoms with Gasteiger partial charge in [-0.15, -0.1) is 0 Å². The minimum absolute atomic E-state index is 0.00450. The van der Waals surface area contributed by atoms with Gasteiger partial charge in [0.05, 0.1) is 16.4 Å². The lowest BCUT2D eigenvalue weighted by molar-refractivity contribution is 0.342. The highest BCUT2D eigenvalue weighted by Gasteiger charge is 2.32. The predicted octanol–water partition coefficient (Wildman–Crippen LogP) is 3.30. The quantitative estimate of drug-likeness (QED) is 0.502. The first-order chi connectivity index (χ1) is 16.1. The number of nitrogens with one attached hydrogen (secondary N) is 2. The monoisotopic (exact) mass is 505 g/mol. The number of sulfonamides is 1. The Balaban J connectivity index is 1.43. The summed E-state index contributed by atoms with van der Waals surface area (Å²) in [6, 6.07) is 13.3. The summed E-state index contributed by atoms with van der Waals surface area (Å²) in [5.41, 5.74) is 1.25. The van der Waals surface area contributed by atoms with Crippen molar-refractivity contribution in [2.24, 2.45) is 0 Å². The molecule has 1 aliphatic heterocycles. The van der Waals surface area contributed by atoms with Gasteiger partial charge in [-0.2, -0.15) is 9.29 Å². The molecule has 0 amide bonds. The molecule has 0 unspecified atom stereocenters. The molecular formula is C22H24FN5O4S2. The minimum atomic E-state index is -3.77. The fourth-order valence-corrected chi connectivity index (χ4v) is 6.50. The molecule has 34 heavy (non-hydrogen) atoms. The maximum Gasteiger partial charge on any atom is 0.243 e. The molecule has 1 saturated heterocycles. The fourth-order valence-electron chi connectivity index (χ4n) is 3.61. The molecule has 0 radical (unpaired) electrons. The number of aromatic nitrogens is 2. The van der Waals surface area contributed by atoms with E-state index in [0.29, 0.717) is 23.1 Å². The maximum absolute atomic E-state index is 13.1. The third-order valence-corrected chi connectivity index (χ3v) is 9.24. The van der Waals surface area contributed by atoms with Gasteiger partial charge in [0.25, 0.3) is 0 Å². The number of rotatable bonds is 7. The normalized spacial score (nSPS) is 16.3. The largest absolute Gasteiger partial charge is 0.340 e. The van der Waals surface area contributed by atoms with Crippen molar-refractivity contribution in [2.75, 3.05) is 29.2 Å². The van der Waals surface area contributed by atoms with Crippen molar-refractivity contribution < 1.29 is 21.2 Å². The van der Waals surface area contributed by atoms with Gasteiger partial charge in [0.2, 0.25) is 16.0 Å². The number of hydrogen-bond acceptors (Lipinski definition) is 8. The number of benzene rings is 2. The zero-order valence-electron chi connectivity index (χ0n) is 18.3. The first kappa shape index (κ1) is 24.0. The Bertz CT molecular complexity index is 1350. The van der Waals surface area contributed by atoms with Crippen LogP contribution < -0.4 is 10.6 Å². The molecule has 180 valence electrons. The lowest BCUT2D eigenvalue weighted by Crippen LogP contribution is -2.42. The Hall–Kier alpha value is -3.09. The summed E-state index contributed by atoms with van der Waals surface area (Å²) in [7, 11) is -5.36. The molecule has 2 aromatic carbocycles. The standard InChI is InChI=1S/C22H24FN5O4S2/c1-28(19-11-14-33(29,30)15-12-19)34(31,32)20-8-6-18(7-9-20)26-22-24-13-10-21(27-22)25-17-4-2-16(23)3-5-17/h2-10,13,19H,11-12,14-15H2,1H3,(H2,24,25,26,27). The average Bonchev–Trinajstić information content (AvgIpc) is 2.81. The van der Waals surface area contributed by atoms with E-state index in [1.54, 1.807) is 36.5 Å². The van der Waals surface area contributed by atoms with Crippen molar-refractivity contribution in [3.8, 4) is 0 Å². The van der Waals surface area contributed by atoms with Crippen molar-refractivity contribution >= 4 is 43.0 Å². The molecule has 0 bridgehead atoms. The van der Waals surface area contributed by atoms with Gasteiger partial charge in [-0.05, 0) is 67.4 Å². The number of sulfone groups is 1. The first-order valence-corrected chi connectivity index (χ1v) is 13.8. The molecule has 1 fully saturated rings. The van der Waals surface area contributed by atoms with E-state index >= 15 is 0 Å². The Morgan fingerprint density at radius 1 is 0.941 bits per heavy atom. The van der Waals surface area contributed by atoms with Gasteiger partial charge in [-0.25, -0.2) is 26.2 Å². The molecule has 2 heterocycles. The SMILES string of the molecule is CN(C1CCS(=O)(=O)CC1)S(=O)(=O)c1ccc(Nc2nccc(Nc3ccc(F)cc3)n2)cc1. The molecular weight excluding hydrogens is 481 g/mol.